The number of hydrogen-bond donors (Lipinski definition) is 0. The lowest BCUT2D eigenvalue weighted by molar-refractivity contribution is 0.0314. The smallest absolute Gasteiger partial charge is 0.180 e. The van der Waals surface area contributed by atoms with Gasteiger partial charge in [0.1, 0.15) is 11.8 Å². The molecule has 1 saturated heterocycles. The summed E-state index contributed by atoms with van der Waals surface area (Å²) >= 11 is 0. The molecule has 106 valence electrons. The SMILES string of the molecule is COC1CCCN(CC(=O)c2coc3ccccc23)C1. The van der Waals surface area contributed by atoms with Crippen LogP contribution in [-0.4, -0.2) is 43.5 Å². The van der Waals surface area contributed by atoms with Crippen LogP contribution in [0.15, 0.2) is 34.9 Å². The second kappa shape index (κ2) is 5.77. The number of likely N-dealkylation sites (tertiary alicyclic amines) is 1. The van der Waals surface area contributed by atoms with Crippen molar-refractivity contribution in [2.75, 3.05) is 26.7 Å². The van der Waals surface area contributed by atoms with Crippen LogP contribution < -0.4 is 0 Å². The van der Waals surface area contributed by atoms with Crippen LogP contribution in [0.1, 0.15) is 23.2 Å². The summed E-state index contributed by atoms with van der Waals surface area (Å²) in [6.07, 6.45) is 3.98. The van der Waals surface area contributed by atoms with E-state index in [0.717, 1.165) is 36.9 Å². The van der Waals surface area contributed by atoms with Crippen LogP contribution in [0.25, 0.3) is 11.0 Å². The number of ether oxygens (including phenoxy) is 1. The minimum Gasteiger partial charge on any atom is -0.464 e. The fourth-order valence-electron chi connectivity index (χ4n) is 2.83. The van der Waals surface area contributed by atoms with E-state index in [1.807, 2.05) is 24.3 Å². The van der Waals surface area contributed by atoms with Crippen LogP contribution in [0.3, 0.4) is 0 Å². The average molecular weight is 273 g/mol. The Morgan fingerprint density at radius 3 is 3.15 bits per heavy atom. The molecular formula is C16H19NO3. The molecule has 1 aromatic carbocycles. The number of Topliss-reactive ketones (excluding diaryl/α,β-unsaturated/α-hetero) is 1. The van der Waals surface area contributed by atoms with E-state index in [1.54, 1.807) is 13.4 Å². The van der Waals surface area contributed by atoms with Crippen LogP contribution in [0, 0.1) is 0 Å². The zero-order valence-electron chi connectivity index (χ0n) is 11.7. The third-order valence-electron chi connectivity index (χ3n) is 3.94. The predicted octanol–water partition coefficient (Wildman–Crippen LogP) is 2.73. The summed E-state index contributed by atoms with van der Waals surface area (Å²) in [5, 5.41) is 0.901. The molecule has 0 aliphatic carbocycles. The molecule has 1 atom stereocenters. The topological polar surface area (TPSA) is 42.7 Å². The number of methoxy groups -OCH3 is 1. The quantitative estimate of drug-likeness (QED) is 0.803. The van der Waals surface area contributed by atoms with Gasteiger partial charge in [-0.25, -0.2) is 0 Å². The van der Waals surface area contributed by atoms with Gasteiger partial charge in [-0.15, -0.1) is 0 Å². The largest absolute Gasteiger partial charge is 0.464 e. The Morgan fingerprint density at radius 1 is 1.45 bits per heavy atom. The number of piperidine rings is 1. The molecule has 2 heterocycles. The molecule has 1 fully saturated rings. The molecule has 0 radical (unpaired) electrons. The van der Waals surface area contributed by atoms with E-state index in [4.69, 9.17) is 9.15 Å². The lowest BCUT2D eigenvalue weighted by Crippen LogP contribution is -2.41. The van der Waals surface area contributed by atoms with E-state index in [-0.39, 0.29) is 11.9 Å². The average Bonchev–Trinajstić information content (AvgIpc) is 2.91. The normalized spacial score (nSPS) is 20.4. The standard InChI is InChI=1S/C16H19NO3/c1-19-12-5-4-8-17(9-12)10-15(18)14-11-20-16-7-3-2-6-13(14)16/h2-3,6-7,11-12H,4-5,8-10H2,1H3. The number of nitrogens with zero attached hydrogens (tertiary/aromatic N) is 1. The number of rotatable bonds is 4. The van der Waals surface area contributed by atoms with Crippen molar-refractivity contribution >= 4 is 16.8 Å². The third-order valence-corrected chi connectivity index (χ3v) is 3.94. The van der Waals surface area contributed by atoms with Crippen LogP contribution in [0.2, 0.25) is 0 Å². The van der Waals surface area contributed by atoms with Gasteiger partial charge in [0.15, 0.2) is 5.78 Å². The van der Waals surface area contributed by atoms with E-state index in [2.05, 4.69) is 4.90 Å². The van der Waals surface area contributed by atoms with Crippen molar-refractivity contribution in [3.8, 4) is 0 Å². The van der Waals surface area contributed by atoms with Crippen LogP contribution in [0.4, 0.5) is 0 Å². The van der Waals surface area contributed by atoms with E-state index < -0.39 is 0 Å². The molecule has 0 amide bonds. The van der Waals surface area contributed by atoms with Gasteiger partial charge >= 0.3 is 0 Å². The number of ketones is 1. The van der Waals surface area contributed by atoms with Crippen molar-refractivity contribution in [2.45, 2.75) is 18.9 Å². The number of hydrogen-bond acceptors (Lipinski definition) is 4. The van der Waals surface area contributed by atoms with E-state index in [9.17, 15) is 4.79 Å². The summed E-state index contributed by atoms with van der Waals surface area (Å²) in [6.45, 7) is 2.22. The number of carbonyl (C=O) groups is 1. The predicted molar refractivity (Wildman–Crippen MR) is 77.0 cm³/mol. The molecule has 3 rings (SSSR count). The summed E-state index contributed by atoms with van der Waals surface area (Å²) in [5.41, 5.74) is 1.45. The maximum Gasteiger partial charge on any atom is 0.180 e. The maximum atomic E-state index is 12.4. The molecule has 1 aliphatic heterocycles. The van der Waals surface area contributed by atoms with Gasteiger partial charge in [0, 0.05) is 19.0 Å². The highest BCUT2D eigenvalue weighted by Crippen LogP contribution is 2.22. The van der Waals surface area contributed by atoms with Crippen molar-refractivity contribution in [3.63, 3.8) is 0 Å². The number of para-hydroxylation sites is 1. The summed E-state index contributed by atoms with van der Waals surface area (Å²) in [4.78, 5) is 14.6. The number of furan rings is 1. The molecule has 1 unspecified atom stereocenters. The highest BCUT2D eigenvalue weighted by molar-refractivity contribution is 6.08. The van der Waals surface area contributed by atoms with Crippen molar-refractivity contribution in [1.82, 2.24) is 4.90 Å². The van der Waals surface area contributed by atoms with Crippen LogP contribution in [-0.2, 0) is 4.74 Å². The molecule has 4 nitrogen and oxygen atoms in total. The molecule has 4 heteroatoms. The van der Waals surface area contributed by atoms with Gasteiger partial charge in [-0.05, 0) is 25.5 Å². The third kappa shape index (κ3) is 2.62. The zero-order valence-corrected chi connectivity index (χ0v) is 11.7. The first kappa shape index (κ1) is 13.3. The summed E-state index contributed by atoms with van der Waals surface area (Å²) < 4.78 is 10.8. The lowest BCUT2D eigenvalue weighted by Gasteiger charge is -2.31. The molecule has 0 spiro atoms. The van der Waals surface area contributed by atoms with Crippen molar-refractivity contribution < 1.29 is 13.9 Å². The Morgan fingerprint density at radius 2 is 2.30 bits per heavy atom. The summed E-state index contributed by atoms with van der Waals surface area (Å²) in [7, 11) is 1.74. The van der Waals surface area contributed by atoms with Gasteiger partial charge in [0.25, 0.3) is 0 Å². The molecular weight excluding hydrogens is 254 g/mol. The van der Waals surface area contributed by atoms with Gasteiger partial charge in [0.2, 0.25) is 0 Å². The highest BCUT2D eigenvalue weighted by atomic mass is 16.5. The molecule has 0 bridgehead atoms. The fraction of sp³-hybridized carbons (Fsp3) is 0.438. The summed E-state index contributed by atoms with van der Waals surface area (Å²) in [6, 6.07) is 7.65. The minimum absolute atomic E-state index is 0.117. The Kier molecular flexibility index (Phi) is 3.85. The molecule has 20 heavy (non-hydrogen) atoms. The molecule has 2 aromatic rings. The Balaban J connectivity index is 1.73. The second-order valence-corrected chi connectivity index (χ2v) is 5.30. The van der Waals surface area contributed by atoms with Gasteiger partial charge in [0.05, 0.1) is 18.2 Å². The Hall–Kier alpha value is -1.65. The van der Waals surface area contributed by atoms with Gasteiger partial charge in [-0.2, -0.15) is 0 Å². The molecule has 1 aromatic heterocycles. The van der Waals surface area contributed by atoms with E-state index >= 15 is 0 Å². The van der Waals surface area contributed by atoms with Gasteiger partial charge < -0.3 is 9.15 Å². The van der Waals surface area contributed by atoms with E-state index in [1.165, 1.54) is 0 Å². The van der Waals surface area contributed by atoms with Crippen molar-refractivity contribution in [2.24, 2.45) is 0 Å². The first-order chi connectivity index (χ1) is 9.78. The van der Waals surface area contributed by atoms with Crippen molar-refractivity contribution in [3.05, 3.63) is 36.1 Å². The molecule has 0 N–H and O–H groups in total. The van der Waals surface area contributed by atoms with E-state index in [0.29, 0.717) is 12.1 Å². The minimum atomic E-state index is 0.117. The number of fused-ring (bicyclic) bond motifs is 1. The highest BCUT2D eigenvalue weighted by Gasteiger charge is 2.23. The first-order valence-corrected chi connectivity index (χ1v) is 7.02. The monoisotopic (exact) mass is 273 g/mol. The Bertz CT molecular complexity index is 605. The number of carbonyl (C=O) groups excluding carboxylic acids is 1. The second-order valence-electron chi connectivity index (χ2n) is 5.30. The zero-order chi connectivity index (χ0) is 13.9. The lowest BCUT2D eigenvalue weighted by atomic mass is 10.1. The van der Waals surface area contributed by atoms with Crippen LogP contribution in [0.5, 0.6) is 0 Å². The number of benzene rings is 1. The Labute approximate surface area is 118 Å². The molecule has 1 aliphatic rings. The van der Waals surface area contributed by atoms with Crippen molar-refractivity contribution in [1.29, 1.82) is 0 Å². The van der Waals surface area contributed by atoms with Gasteiger partial charge in [-0.3, -0.25) is 9.69 Å². The summed E-state index contributed by atoms with van der Waals surface area (Å²) in [5.74, 6) is 0.117. The first-order valence-electron chi connectivity index (χ1n) is 7.02. The van der Waals surface area contributed by atoms with Gasteiger partial charge in [-0.1, -0.05) is 18.2 Å². The van der Waals surface area contributed by atoms with Crippen LogP contribution >= 0.6 is 0 Å². The molecule has 0 saturated carbocycles. The fourth-order valence-corrected chi connectivity index (χ4v) is 2.83. The maximum absolute atomic E-state index is 12.4.